The number of para-hydroxylation sites is 1. The molecule has 0 saturated carbocycles. The molecule has 0 amide bonds. The first kappa shape index (κ1) is 9.49. The Morgan fingerprint density at radius 2 is 2.43 bits per heavy atom. The Kier molecular flexibility index (Phi) is 2.70. The number of hydrogen-bond acceptors (Lipinski definition) is 3. The second-order valence-electron chi connectivity index (χ2n) is 3.41. The fourth-order valence-corrected chi connectivity index (χ4v) is 1.75. The van der Waals surface area contributed by atoms with E-state index in [1.807, 2.05) is 18.2 Å². The monoisotopic (exact) mass is 194 g/mol. The number of fused-ring (bicyclic) bond motifs is 1. The summed E-state index contributed by atoms with van der Waals surface area (Å²) >= 11 is 0. The van der Waals surface area contributed by atoms with Crippen molar-refractivity contribution >= 4 is 0 Å². The highest BCUT2D eigenvalue weighted by Gasteiger charge is 2.20. The van der Waals surface area contributed by atoms with E-state index < -0.39 is 6.10 Å². The lowest BCUT2D eigenvalue weighted by Gasteiger charge is -2.13. The first-order valence-electron chi connectivity index (χ1n) is 4.74. The molecule has 2 rings (SSSR count). The number of aliphatic hydroxyl groups excluding tert-OH is 1. The second kappa shape index (κ2) is 3.98. The molecule has 3 heteroatoms. The van der Waals surface area contributed by atoms with E-state index in [1.54, 1.807) is 7.11 Å². The van der Waals surface area contributed by atoms with Crippen molar-refractivity contribution in [2.75, 3.05) is 20.3 Å². The Bertz CT molecular complexity index is 322. The molecule has 1 aliphatic rings. The molecular weight excluding hydrogens is 180 g/mol. The van der Waals surface area contributed by atoms with Gasteiger partial charge in [0, 0.05) is 19.1 Å². The van der Waals surface area contributed by atoms with Gasteiger partial charge in [-0.25, -0.2) is 0 Å². The van der Waals surface area contributed by atoms with Crippen LogP contribution in [0.15, 0.2) is 18.2 Å². The van der Waals surface area contributed by atoms with Crippen molar-refractivity contribution in [3.63, 3.8) is 0 Å². The van der Waals surface area contributed by atoms with Crippen LogP contribution in [0.4, 0.5) is 0 Å². The van der Waals surface area contributed by atoms with Crippen molar-refractivity contribution in [3.05, 3.63) is 29.3 Å². The van der Waals surface area contributed by atoms with E-state index in [-0.39, 0.29) is 0 Å². The molecule has 1 N–H and O–H groups in total. The average Bonchev–Trinajstić information content (AvgIpc) is 2.65. The maximum Gasteiger partial charge on any atom is 0.128 e. The number of rotatable bonds is 3. The smallest absolute Gasteiger partial charge is 0.128 e. The van der Waals surface area contributed by atoms with Gasteiger partial charge in [0.1, 0.15) is 11.9 Å². The Balaban J connectivity index is 2.29. The molecule has 76 valence electrons. The summed E-state index contributed by atoms with van der Waals surface area (Å²) in [5.74, 6) is 0.844. The van der Waals surface area contributed by atoms with Crippen LogP contribution in [0.3, 0.4) is 0 Å². The van der Waals surface area contributed by atoms with Gasteiger partial charge in [-0.15, -0.1) is 0 Å². The third-order valence-electron chi connectivity index (χ3n) is 2.43. The number of benzene rings is 1. The lowest BCUT2D eigenvalue weighted by molar-refractivity contribution is 0.0627. The number of hydrogen-bond donors (Lipinski definition) is 1. The molecule has 1 aromatic rings. The summed E-state index contributed by atoms with van der Waals surface area (Å²) in [5, 5.41) is 9.78. The predicted octanol–water partition coefficient (Wildman–Crippen LogP) is 1.30. The zero-order valence-electron chi connectivity index (χ0n) is 8.19. The van der Waals surface area contributed by atoms with Crippen LogP contribution >= 0.6 is 0 Å². The van der Waals surface area contributed by atoms with Crippen molar-refractivity contribution in [1.29, 1.82) is 0 Å². The first-order valence-corrected chi connectivity index (χ1v) is 4.74. The van der Waals surface area contributed by atoms with Crippen molar-refractivity contribution in [1.82, 2.24) is 0 Å². The molecular formula is C11H14O3. The van der Waals surface area contributed by atoms with Gasteiger partial charge in [-0.2, -0.15) is 0 Å². The van der Waals surface area contributed by atoms with Crippen LogP contribution in [0.2, 0.25) is 0 Å². The molecule has 3 nitrogen and oxygen atoms in total. The highest BCUT2D eigenvalue weighted by Crippen LogP contribution is 2.33. The van der Waals surface area contributed by atoms with E-state index in [0.29, 0.717) is 13.2 Å². The zero-order chi connectivity index (χ0) is 9.97. The molecule has 0 aromatic heterocycles. The summed E-state index contributed by atoms with van der Waals surface area (Å²) in [6, 6.07) is 5.86. The summed E-state index contributed by atoms with van der Waals surface area (Å²) in [4.78, 5) is 0. The van der Waals surface area contributed by atoms with Gasteiger partial charge in [-0.3, -0.25) is 0 Å². The molecule has 1 aliphatic heterocycles. The van der Waals surface area contributed by atoms with Crippen LogP contribution in [-0.4, -0.2) is 25.4 Å². The Morgan fingerprint density at radius 3 is 3.21 bits per heavy atom. The minimum absolute atomic E-state index is 0.305. The SMILES string of the molecule is COCC(O)c1cccc2c1OCC2. The first-order chi connectivity index (χ1) is 6.83. The zero-order valence-corrected chi connectivity index (χ0v) is 8.19. The highest BCUT2D eigenvalue weighted by molar-refractivity contribution is 5.45. The van der Waals surface area contributed by atoms with Crippen LogP contribution in [0.1, 0.15) is 17.2 Å². The fraction of sp³-hybridized carbons (Fsp3) is 0.455. The number of ether oxygens (including phenoxy) is 2. The molecule has 0 fully saturated rings. The van der Waals surface area contributed by atoms with E-state index in [2.05, 4.69) is 0 Å². The van der Waals surface area contributed by atoms with Gasteiger partial charge >= 0.3 is 0 Å². The largest absolute Gasteiger partial charge is 0.493 e. The fourth-order valence-electron chi connectivity index (χ4n) is 1.75. The molecule has 1 atom stereocenters. The van der Waals surface area contributed by atoms with Crippen LogP contribution in [0.25, 0.3) is 0 Å². The Labute approximate surface area is 83.3 Å². The van der Waals surface area contributed by atoms with E-state index in [0.717, 1.165) is 17.7 Å². The van der Waals surface area contributed by atoms with E-state index >= 15 is 0 Å². The quantitative estimate of drug-likeness (QED) is 0.788. The second-order valence-corrected chi connectivity index (χ2v) is 3.41. The Morgan fingerprint density at radius 1 is 1.57 bits per heavy atom. The Hall–Kier alpha value is -1.06. The van der Waals surface area contributed by atoms with Crippen LogP contribution in [0, 0.1) is 0 Å². The molecule has 1 aromatic carbocycles. The molecule has 0 aliphatic carbocycles. The maximum absolute atomic E-state index is 9.78. The van der Waals surface area contributed by atoms with Gasteiger partial charge in [-0.05, 0) is 5.56 Å². The van der Waals surface area contributed by atoms with Gasteiger partial charge in [0.05, 0.1) is 13.2 Å². The van der Waals surface area contributed by atoms with Crippen molar-refractivity contribution < 1.29 is 14.6 Å². The molecule has 0 saturated heterocycles. The van der Waals surface area contributed by atoms with Gasteiger partial charge in [-0.1, -0.05) is 18.2 Å². The standard InChI is InChI=1S/C11H14O3/c1-13-7-10(12)9-4-2-3-8-5-6-14-11(8)9/h2-4,10,12H,5-7H2,1H3. The van der Waals surface area contributed by atoms with Gasteiger partial charge in [0.25, 0.3) is 0 Å². The summed E-state index contributed by atoms with van der Waals surface area (Å²) in [7, 11) is 1.58. The molecule has 14 heavy (non-hydrogen) atoms. The lowest BCUT2D eigenvalue weighted by Crippen LogP contribution is -2.06. The number of aliphatic hydroxyl groups is 1. The summed E-state index contributed by atoms with van der Waals surface area (Å²) < 4.78 is 10.4. The molecule has 1 heterocycles. The minimum Gasteiger partial charge on any atom is -0.493 e. The maximum atomic E-state index is 9.78. The third kappa shape index (κ3) is 1.61. The van der Waals surface area contributed by atoms with Crippen molar-refractivity contribution in [2.24, 2.45) is 0 Å². The van der Waals surface area contributed by atoms with Crippen LogP contribution < -0.4 is 4.74 Å². The summed E-state index contributed by atoms with van der Waals surface area (Å²) in [5.41, 5.74) is 2.01. The lowest BCUT2D eigenvalue weighted by atomic mass is 10.0. The highest BCUT2D eigenvalue weighted by atomic mass is 16.5. The molecule has 0 bridgehead atoms. The van der Waals surface area contributed by atoms with Gasteiger partial charge in [0.15, 0.2) is 0 Å². The van der Waals surface area contributed by atoms with Crippen molar-refractivity contribution in [3.8, 4) is 5.75 Å². The van der Waals surface area contributed by atoms with E-state index in [1.165, 1.54) is 5.56 Å². The minimum atomic E-state index is -0.590. The van der Waals surface area contributed by atoms with Crippen LogP contribution in [-0.2, 0) is 11.2 Å². The average molecular weight is 194 g/mol. The predicted molar refractivity (Wildman–Crippen MR) is 52.5 cm³/mol. The summed E-state index contributed by atoms with van der Waals surface area (Å²) in [6.45, 7) is 1.02. The molecule has 0 radical (unpaired) electrons. The van der Waals surface area contributed by atoms with Gasteiger partial charge < -0.3 is 14.6 Å². The molecule has 0 spiro atoms. The summed E-state index contributed by atoms with van der Waals surface area (Å²) in [6.07, 6.45) is 0.344. The van der Waals surface area contributed by atoms with Gasteiger partial charge in [0.2, 0.25) is 0 Å². The van der Waals surface area contributed by atoms with Crippen LogP contribution in [0.5, 0.6) is 5.75 Å². The topological polar surface area (TPSA) is 38.7 Å². The third-order valence-corrected chi connectivity index (χ3v) is 2.43. The van der Waals surface area contributed by atoms with E-state index in [9.17, 15) is 5.11 Å². The van der Waals surface area contributed by atoms with Crippen molar-refractivity contribution in [2.45, 2.75) is 12.5 Å². The van der Waals surface area contributed by atoms with E-state index in [4.69, 9.17) is 9.47 Å². The molecule has 1 unspecified atom stereocenters. The number of methoxy groups -OCH3 is 1. The normalized spacial score (nSPS) is 16.1.